The lowest BCUT2D eigenvalue weighted by atomic mass is 10.1. The average Bonchev–Trinajstić information content (AvgIpc) is 3.22. The molecule has 1 atom stereocenters. The van der Waals surface area contributed by atoms with E-state index in [9.17, 15) is 9.59 Å². The molecule has 7 heteroatoms. The molecule has 0 saturated carbocycles. The number of alkyl carbamates (subject to hydrolysis) is 1. The molecular weight excluding hydrogens is 394 g/mol. The minimum atomic E-state index is -0.726. The van der Waals surface area contributed by atoms with Crippen molar-refractivity contribution in [2.75, 3.05) is 0 Å². The lowest BCUT2D eigenvalue weighted by Gasteiger charge is -2.22. The summed E-state index contributed by atoms with van der Waals surface area (Å²) >= 11 is 0. The minimum Gasteiger partial charge on any atom is -0.461 e. The van der Waals surface area contributed by atoms with Crippen LogP contribution in [0, 0.1) is 0 Å². The smallest absolute Gasteiger partial charge is 0.408 e. The summed E-state index contributed by atoms with van der Waals surface area (Å²) in [4.78, 5) is 32.4. The van der Waals surface area contributed by atoms with Gasteiger partial charge in [-0.15, -0.1) is 0 Å². The molecule has 1 aromatic heterocycles. The van der Waals surface area contributed by atoms with Gasteiger partial charge in [-0.3, -0.25) is 4.79 Å². The second kappa shape index (κ2) is 9.93. The van der Waals surface area contributed by atoms with E-state index in [1.54, 1.807) is 27.0 Å². The minimum absolute atomic E-state index is 0.0895. The van der Waals surface area contributed by atoms with E-state index in [1.165, 1.54) is 0 Å². The molecular formula is C24H27N3O4. The molecule has 2 N–H and O–H groups in total. The van der Waals surface area contributed by atoms with Gasteiger partial charge in [-0.2, -0.15) is 0 Å². The van der Waals surface area contributed by atoms with Crippen molar-refractivity contribution >= 4 is 12.1 Å². The van der Waals surface area contributed by atoms with Gasteiger partial charge >= 0.3 is 12.1 Å². The van der Waals surface area contributed by atoms with E-state index >= 15 is 0 Å². The Balaban J connectivity index is 1.72. The van der Waals surface area contributed by atoms with Crippen LogP contribution in [0.15, 0.2) is 66.9 Å². The number of H-pyrrole nitrogens is 1. The van der Waals surface area contributed by atoms with Crippen LogP contribution < -0.4 is 5.32 Å². The number of hydrogen-bond donors (Lipinski definition) is 2. The Kier molecular flexibility index (Phi) is 7.07. The van der Waals surface area contributed by atoms with Crippen LogP contribution in [0.5, 0.6) is 0 Å². The number of ether oxygens (including phenoxy) is 2. The molecule has 0 bridgehead atoms. The number of amides is 1. The Morgan fingerprint density at radius 3 is 2.32 bits per heavy atom. The van der Waals surface area contributed by atoms with E-state index in [1.807, 2.05) is 60.7 Å². The molecule has 162 valence electrons. The first-order chi connectivity index (χ1) is 14.8. The summed E-state index contributed by atoms with van der Waals surface area (Å²) in [5.41, 5.74) is 1.95. The number of esters is 1. The molecule has 0 aliphatic carbocycles. The molecule has 0 fully saturated rings. The second-order valence-electron chi connectivity index (χ2n) is 8.10. The Morgan fingerprint density at radius 2 is 1.68 bits per heavy atom. The number of hydrogen-bond acceptors (Lipinski definition) is 5. The largest absolute Gasteiger partial charge is 0.461 e. The Bertz CT molecular complexity index is 994. The standard InChI is InChI=1S/C24H27N3O4/c1-24(2,3)31-23(29)27-19(14-21(28)30-16-17-10-6-4-7-11-17)22-25-15-20(26-22)18-12-8-5-9-13-18/h4-13,15,19H,14,16H2,1-3H3,(H,25,26)(H,27,29)/t19-/m1/s1. The zero-order valence-corrected chi connectivity index (χ0v) is 17.9. The van der Waals surface area contributed by atoms with Crippen molar-refractivity contribution in [1.29, 1.82) is 0 Å². The normalized spacial score (nSPS) is 12.1. The van der Waals surface area contributed by atoms with E-state index in [4.69, 9.17) is 9.47 Å². The molecule has 0 aliphatic rings. The molecule has 0 saturated heterocycles. The van der Waals surface area contributed by atoms with Crippen LogP contribution in [-0.4, -0.2) is 27.6 Å². The highest BCUT2D eigenvalue weighted by Gasteiger charge is 2.25. The zero-order valence-electron chi connectivity index (χ0n) is 17.9. The van der Waals surface area contributed by atoms with E-state index in [0.717, 1.165) is 16.8 Å². The van der Waals surface area contributed by atoms with E-state index in [0.29, 0.717) is 5.82 Å². The molecule has 0 spiro atoms. The highest BCUT2D eigenvalue weighted by molar-refractivity contribution is 5.73. The van der Waals surface area contributed by atoms with E-state index < -0.39 is 23.7 Å². The van der Waals surface area contributed by atoms with Crippen LogP contribution in [0.2, 0.25) is 0 Å². The molecule has 1 heterocycles. The quantitative estimate of drug-likeness (QED) is 0.536. The van der Waals surface area contributed by atoms with Crippen molar-refractivity contribution in [3.63, 3.8) is 0 Å². The maximum atomic E-state index is 12.5. The summed E-state index contributed by atoms with van der Waals surface area (Å²) < 4.78 is 10.7. The summed E-state index contributed by atoms with van der Waals surface area (Å²) in [5.74, 6) is -0.0102. The highest BCUT2D eigenvalue weighted by Crippen LogP contribution is 2.22. The summed E-state index contributed by atoms with van der Waals surface area (Å²) in [6, 6.07) is 18.3. The van der Waals surface area contributed by atoms with Crippen molar-refractivity contribution in [2.45, 2.75) is 45.4 Å². The van der Waals surface area contributed by atoms with Gasteiger partial charge in [0.15, 0.2) is 0 Å². The fourth-order valence-corrected chi connectivity index (χ4v) is 2.91. The Morgan fingerprint density at radius 1 is 1.03 bits per heavy atom. The monoisotopic (exact) mass is 421 g/mol. The summed E-state index contributed by atoms with van der Waals surface area (Å²) in [6.45, 7) is 5.48. The Labute approximate surface area is 181 Å². The zero-order chi connectivity index (χ0) is 22.3. The molecule has 3 aromatic rings. The van der Waals surface area contributed by atoms with Crippen molar-refractivity contribution < 1.29 is 19.1 Å². The summed E-state index contributed by atoms with van der Waals surface area (Å²) in [6.07, 6.45) is 0.948. The number of nitrogens with zero attached hydrogens (tertiary/aromatic N) is 1. The van der Waals surface area contributed by atoms with Crippen molar-refractivity contribution in [3.05, 3.63) is 78.2 Å². The van der Waals surface area contributed by atoms with Crippen LogP contribution in [0.25, 0.3) is 11.3 Å². The fourth-order valence-electron chi connectivity index (χ4n) is 2.91. The van der Waals surface area contributed by atoms with Crippen LogP contribution in [0.3, 0.4) is 0 Å². The van der Waals surface area contributed by atoms with Crippen molar-refractivity contribution in [3.8, 4) is 11.3 Å². The summed E-state index contributed by atoms with van der Waals surface area (Å²) in [7, 11) is 0. The van der Waals surface area contributed by atoms with Gasteiger partial charge in [0, 0.05) is 0 Å². The third-order valence-electron chi connectivity index (χ3n) is 4.31. The average molecular weight is 421 g/mol. The lowest BCUT2D eigenvalue weighted by molar-refractivity contribution is -0.145. The number of carbonyl (C=O) groups is 2. The van der Waals surface area contributed by atoms with Gasteiger partial charge in [-0.25, -0.2) is 9.78 Å². The first-order valence-corrected chi connectivity index (χ1v) is 10.1. The molecule has 0 aliphatic heterocycles. The van der Waals surface area contributed by atoms with Gasteiger partial charge in [0.1, 0.15) is 24.1 Å². The van der Waals surface area contributed by atoms with Crippen LogP contribution in [0.4, 0.5) is 4.79 Å². The number of aromatic amines is 1. The first-order valence-electron chi connectivity index (χ1n) is 10.1. The molecule has 0 unspecified atom stereocenters. The van der Waals surface area contributed by atoms with Gasteiger partial charge in [-0.1, -0.05) is 60.7 Å². The number of carbonyl (C=O) groups excluding carboxylic acids is 2. The Hall–Kier alpha value is -3.61. The number of nitrogens with one attached hydrogen (secondary N) is 2. The third kappa shape index (κ3) is 6.99. The van der Waals surface area contributed by atoms with Crippen LogP contribution in [0.1, 0.15) is 44.6 Å². The number of benzene rings is 2. The third-order valence-corrected chi connectivity index (χ3v) is 4.31. The van der Waals surface area contributed by atoms with Crippen molar-refractivity contribution in [1.82, 2.24) is 15.3 Å². The van der Waals surface area contributed by atoms with Gasteiger partial charge in [0.05, 0.1) is 18.3 Å². The number of imidazole rings is 1. The highest BCUT2D eigenvalue weighted by atomic mass is 16.6. The van der Waals surface area contributed by atoms with Crippen LogP contribution >= 0.6 is 0 Å². The fraction of sp³-hybridized carbons (Fsp3) is 0.292. The van der Waals surface area contributed by atoms with Gasteiger partial charge in [0.25, 0.3) is 0 Å². The molecule has 7 nitrogen and oxygen atoms in total. The van der Waals surface area contributed by atoms with Gasteiger partial charge < -0.3 is 19.8 Å². The molecule has 3 rings (SSSR count). The van der Waals surface area contributed by atoms with E-state index in [2.05, 4.69) is 15.3 Å². The SMILES string of the molecule is CC(C)(C)OC(=O)N[C@H](CC(=O)OCc1ccccc1)c1ncc(-c2ccccc2)[nH]1. The van der Waals surface area contributed by atoms with E-state index in [-0.39, 0.29) is 13.0 Å². The predicted molar refractivity (Wildman–Crippen MR) is 117 cm³/mol. The topological polar surface area (TPSA) is 93.3 Å². The maximum absolute atomic E-state index is 12.5. The van der Waals surface area contributed by atoms with Gasteiger partial charge in [0.2, 0.25) is 0 Å². The number of rotatable bonds is 7. The second-order valence-corrected chi connectivity index (χ2v) is 8.10. The summed E-state index contributed by atoms with van der Waals surface area (Å²) in [5, 5.41) is 2.73. The van der Waals surface area contributed by atoms with Gasteiger partial charge in [-0.05, 0) is 31.9 Å². The first kappa shape index (κ1) is 22.1. The van der Waals surface area contributed by atoms with Crippen LogP contribution in [-0.2, 0) is 20.9 Å². The molecule has 1 amide bonds. The lowest BCUT2D eigenvalue weighted by Crippen LogP contribution is -2.36. The van der Waals surface area contributed by atoms with Crippen molar-refractivity contribution in [2.24, 2.45) is 0 Å². The predicted octanol–water partition coefficient (Wildman–Crippen LogP) is 4.78. The number of aromatic nitrogens is 2. The molecule has 0 radical (unpaired) electrons. The maximum Gasteiger partial charge on any atom is 0.408 e. The molecule has 31 heavy (non-hydrogen) atoms. The molecule has 2 aromatic carbocycles.